The largest absolute Gasteiger partial charge is 0.468 e. The second kappa shape index (κ2) is 3.87. The lowest BCUT2D eigenvalue weighted by molar-refractivity contribution is -0.147. The number of β-amino-alcohol motifs (C(OH)–C–C–N with tert-alkyl or cyclic N) is 1. The first-order valence-corrected chi connectivity index (χ1v) is 4.89. The second-order valence-electron chi connectivity index (χ2n) is 4.75. The van der Waals surface area contributed by atoms with Gasteiger partial charge in [0, 0.05) is 18.5 Å². The summed E-state index contributed by atoms with van der Waals surface area (Å²) in [4.78, 5) is 13.4. The number of likely N-dealkylation sites (tertiary alicyclic amines) is 1. The molecule has 0 aromatic heterocycles. The first-order chi connectivity index (χ1) is 6.36. The van der Waals surface area contributed by atoms with Crippen LogP contribution in [0.1, 0.15) is 27.2 Å². The number of nitrogens with zero attached hydrogens (tertiary/aromatic N) is 1. The summed E-state index contributed by atoms with van der Waals surface area (Å²) in [5, 5.41) is 9.53. The summed E-state index contributed by atoms with van der Waals surface area (Å²) in [5.41, 5.74) is -0.115. The van der Waals surface area contributed by atoms with Gasteiger partial charge in [0.1, 0.15) is 6.04 Å². The molecule has 1 N–H and O–H groups in total. The minimum Gasteiger partial charge on any atom is -0.468 e. The van der Waals surface area contributed by atoms with Crippen LogP contribution < -0.4 is 0 Å². The minimum absolute atomic E-state index is 0.115. The zero-order valence-electron chi connectivity index (χ0n) is 9.28. The van der Waals surface area contributed by atoms with Crippen LogP contribution in [0.3, 0.4) is 0 Å². The first-order valence-electron chi connectivity index (χ1n) is 4.89. The highest BCUT2D eigenvalue weighted by Crippen LogP contribution is 2.27. The molecule has 1 rings (SSSR count). The van der Waals surface area contributed by atoms with Crippen molar-refractivity contribution in [3.8, 4) is 0 Å². The maximum absolute atomic E-state index is 11.4. The van der Waals surface area contributed by atoms with Crippen molar-refractivity contribution in [3.63, 3.8) is 0 Å². The molecule has 4 heteroatoms. The summed E-state index contributed by atoms with van der Waals surface area (Å²) in [6, 6.07) is -0.296. The number of hydrogen-bond donors (Lipinski definition) is 1. The average Bonchev–Trinajstić information content (AvgIpc) is 2.45. The fourth-order valence-electron chi connectivity index (χ4n) is 1.91. The highest BCUT2D eigenvalue weighted by atomic mass is 16.5. The molecule has 14 heavy (non-hydrogen) atoms. The summed E-state index contributed by atoms with van der Waals surface area (Å²) in [5.74, 6) is -0.253. The quantitative estimate of drug-likeness (QED) is 0.624. The normalized spacial score (nSPS) is 29.2. The topological polar surface area (TPSA) is 49.8 Å². The van der Waals surface area contributed by atoms with Gasteiger partial charge in [0.15, 0.2) is 0 Å². The van der Waals surface area contributed by atoms with Crippen LogP contribution in [-0.2, 0) is 9.53 Å². The van der Waals surface area contributed by atoms with E-state index in [1.165, 1.54) is 7.11 Å². The van der Waals surface area contributed by atoms with Crippen LogP contribution in [0.15, 0.2) is 0 Å². The van der Waals surface area contributed by atoms with E-state index in [0.717, 1.165) is 0 Å². The van der Waals surface area contributed by atoms with E-state index in [1.807, 2.05) is 25.7 Å². The van der Waals surface area contributed by atoms with E-state index in [0.29, 0.717) is 13.0 Å². The van der Waals surface area contributed by atoms with E-state index in [4.69, 9.17) is 4.74 Å². The molecule has 1 heterocycles. The lowest BCUT2D eigenvalue weighted by Gasteiger charge is -2.35. The van der Waals surface area contributed by atoms with E-state index in [9.17, 15) is 9.90 Å². The van der Waals surface area contributed by atoms with Gasteiger partial charge >= 0.3 is 5.97 Å². The van der Waals surface area contributed by atoms with E-state index in [1.54, 1.807) is 0 Å². The highest BCUT2D eigenvalue weighted by Gasteiger charge is 2.41. The fourth-order valence-corrected chi connectivity index (χ4v) is 1.91. The number of rotatable bonds is 1. The Morgan fingerprint density at radius 2 is 2.07 bits per heavy atom. The van der Waals surface area contributed by atoms with Crippen LogP contribution in [-0.4, -0.2) is 47.3 Å². The molecule has 1 aliphatic heterocycles. The molecule has 82 valence electrons. The van der Waals surface area contributed by atoms with Crippen LogP contribution >= 0.6 is 0 Å². The molecule has 0 aromatic rings. The molecule has 1 fully saturated rings. The van der Waals surface area contributed by atoms with Gasteiger partial charge in [-0.3, -0.25) is 9.69 Å². The Bertz CT molecular complexity index is 222. The first kappa shape index (κ1) is 11.5. The number of carbonyl (C=O) groups is 1. The van der Waals surface area contributed by atoms with Crippen LogP contribution in [0.2, 0.25) is 0 Å². The third-order valence-electron chi connectivity index (χ3n) is 2.61. The zero-order valence-corrected chi connectivity index (χ0v) is 9.28. The highest BCUT2D eigenvalue weighted by molar-refractivity contribution is 5.76. The molecule has 0 bridgehead atoms. The minimum atomic E-state index is -0.418. The van der Waals surface area contributed by atoms with Crippen molar-refractivity contribution in [2.75, 3.05) is 13.7 Å². The third kappa shape index (κ3) is 2.25. The van der Waals surface area contributed by atoms with Crippen molar-refractivity contribution < 1.29 is 14.6 Å². The Hall–Kier alpha value is -0.610. The average molecular weight is 201 g/mol. The Labute approximate surface area is 84.8 Å². The van der Waals surface area contributed by atoms with Gasteiger partial charge in [-0.2, -0.15) is 0 Å². The van der Waals surface area contributed by atoms with Gasteiger partial charge in [0.25, 0.3) is 0 Å². The Morgan fingerprint density at radius 3 is 2.50 bits per heavy atom. The Morgan fingerprint density at radius 1 is 1.50 bits per heavy atom. The molecule has 1 aliphatic rings. The maximum atomic E-state index is 11.4. The van der Waals surface area contributed by atoms with Crippen molar-refractivity contribution in [2.24, 2.45) is 0 Å². The molecule has 4 nitrogen and oxygen atoms in total. The zero-order chi connectivity index (χ0) is 10.9. The third-order valence-corrected chi connectivity index (χ3v) is 2.61. The molecule has 0 unspecified atom stereocenters. The van der Waals surface area contributed by atoms with Crippen LogP contribution in [0.25, 0.3) is 0 Å². The summed E-state index contributed by atoms with van der Waals surface area (Å²) in [6.45, 7) is 6.63. The fraction of sp³-hybridized carbons (Fsp3) is 0.900. The van der Waals surface area contributed by atoms with Gasteiger partial charge in [0.05, 0.1) is 13.2 Å². The molecular formula is C10H19NO3. The predicted octanol–water partition coefficient (Wildman–Crippen LogP) is 0.393. The number of methoxy groups -OCH3 is 1. The summed E-state index contributed by atoms with van der Waals surface area (Å²) < 4.78 is 4.72. The van der Waals surface area contributed by atoms with E-state index < -0.39 is 6.10 Å². The van der Waals surface area contributed by atoms with E-state index >= 15 is 0 Å². The molecular weight excluding hydrogens is 182 g/mol. The SMILES string of the molecule is COC(=O)[C@H]1C[C@@H](O)CN1C(C)(C)C. The van der Waals surface area contributed by atoms with Gasteiger partial charge < -0.3 is 9.84 Å². The number of hydrogen-bond acceptors (Lipinski definition) is 4. The van der Waals surface area contributed by atoms with Crippen molar-refractivity contribution in [3.05, 3.63) is 0 Å². The maximum Gasteiger partial charge on any atom is 0.323 e. The number of esters is 1. The van der Waals surface area contributed by atoms with Gasteiger partial charge in [0.2, 0.25) is 0 Å². The number of carbonyl (C=O) groups excluding carboxylic acids is 1. The molecule has 2 atom stereocenters. The van der Waals surface area contributed by atoms with Gasteiger partial charge in [-0.1, -0.05) is 0 Å². The number of aliphatic hydroxyl groups is 1. The monoisotopic (exact) mass is 201 g/mol. The molecule has 0 amide bonds. The molecule has 0 saturated carbocycles. The summed E-state index contributed by atoms with van der Waals surface area (Å²) >= 11 is 0. The predicted molar refractivity (Wildman–Crippen MR) is 52.9 cm³/mol. The Kier molecular flexibility index (Phi) is 3.17. The summed E-state index contributed by atoms with van der Waals surface area (Å²) in [7, 11) is 1.38. The lowest BCUT2D eigenvalue weighted by atomic mass is 10.0. The second-order valence-corrected chi connectivity index (χ2v) is 4.75. The molecule has 0 aromatic carbocycles. The van der Waals surface area contributed by atoms with Crippen LogP contribution in [0, 0.1) is 0 Å². The lowest BCUT2D eigenvalue weighted by Crippen LogP contribution is -2.48. The van der Waals surface area contributed by atoms with Crippen molar-refractivity contribution >= 4 is 5.97 Å². The van der Waals surface area contributed by atoms with E-state index in [2.05, 4.69) is 0 Å². The van der Waals surface area contributed by atoms with Crippen molar-refractivity contribution in [2.45, 2.75) is 44.9 Å². The van der Waals surface area contributed by atoms with Crippen molar-refractivity contribution in [1.29, 1.82) is 0 Å². The molecule has 0 radical (unpaired) electrons. The standard InChI is InChI=1S/C10H19NO3/c1-10(2,3)11-6-7(12)5-8(11)9(13)14-4/h7-8,12H,5-6H2,1-4H3/t7-,8-/m1/s1. The Balaban J connectivity index is 2.78. The molecule has 0 aliphatic carbocycles. The molecule has 1 saturated heterocycles. The van der Waals surface area contributed by atoms with Crippen molar-refractivity contribution in [1.82, 2.24) is 4.90 Å². The van der Waals surface area contributed by atoms with E-state index in [-0.39, 0.29) is 17.6 Å². The van der Waals surface area contributed by atoms with Crippen LogP contribution in [0.4, 0.5) is 0 Å². The van der Waals surface area contributed by atoms with Crippen LogP contribution in [0.5, 0.6) is 0 Å². The molecule has 0 spiro atoms. The number of aliphatic hydroxyl groups excluding tert-OH is 1. The van der Waals surface area contributed by atoms with Gasteiger partial charge in [-0.25, -0.2) is 0 Å². The smallest absolute Gasteiger partial charge is 0.323 e. The van der Waals surface area contributed by atoms with Gasteiger partial charge in [-0.15, -0.1) is 0 Å². The van der Waals surface area contributed by atoms with Gasteiger partial charge in [-0.05, 0) is 20.8 Å². The number of ether oxygens (including phenoxy) is 1. The summed E-state index contributed by atoms with van der Waals surface area (Å²) in [6.07, 6.45) is 0.0579.